The summed E-state index contributed by atoms with van der Waals surface area (Å²) in [4.78, 5) is 3.63. The van der Waals surface area contributed by atoms with E-state index in [0.29, 0.717) is 6.07 Å². The maximum absolute atomic E-state index is 13.1. The van der Waals surface area contributed by atoms with Gasteiger partial charge in [0.05, 0.1) is 23.3 Å². The monoisotopic (exact) mass is 332 g/mol. The van der Waals surface area contributed by atoms with Gasteiger partial charge in [0.15, 0.2) is 0 Å². The molecule has 2 atom stereocenters. The van der Waals surface area contributed by atoms with Crippen LogP contribution in [0, 0.1) is 17.2 Å². The zero-order valence-electron chi connectivity index (χ0n) is 11.5. The smallest absolute Gasteiger partial charge is 0.264 e. The molecule has 1 aromatic rings. The first-order valence-electron chi connectivity index (χ1n) is 6.50. The molecule has 0 aromatic heterocycles. The van der Waals surface area contributed by atoms with E-state index in [0.717, 1.165) is 18.3 Å². The van der Waals surface area contributed by atoms with Gasteiger partial charge >= 0.3 is 12.4 Å². The van der Waals surface area contributed by atoms with Gasteiger partial charge in [0.25, 0.3) is 0 Å². The van der Waals surface area contributed by atoms with Crippen molar-refractivity contribution in [2.45, 2.75) is 24.7 Å². The van der Waals surface area contributed by atoms with Crippen molar-refractivity contribution in [2.75, 3.05) is 0 Å². The summed E-state index contributed by atoms with van der Waals surface area (Å²) in [5, 5.41) is 9.21. The average Bonchev–Trinajstić information content (AvgIpc) is 2.47. The lowest BCUT2D eigenvalue weighted by Gasteiger charge is -2.26. The van der Waals surface area contributed by atoms with Crippen molar-refractivity contribution in [3.8, 4) is 6.07 Å². The number of alkyl halides is 6. The van der Waals surface area contributed by atoms with Crippen LogP contribution >= 0.6 is 0 Å². The molecule has 2 rings (SSSR count). The van der Waals surface area contributed by atoms with Crippen LogP contribution in [-0.4, -0.2) is 11.9 Å². The molecule has 0 radical (unpaired) electrons. The number of hydrogen-bond donors (Lipinski definition) is 0. The number of nitrogens with zero attached hydrogens (tertiary/aromatic N) is 2. The third-order valence-corrected chi connectivity index (χ3v) is 3.43. The zero-order valence-corrected chi connectivity index (χ0v) is 11.5. The lowest BCUT2D eigenvalue weighted by Crippen LogP contribution is -2.34. The number of halogens is 6. The van der Waals surface area contributed by atoms with Crippen LogP contribution in [0.5, 0.6) is 0 Å². The second kappa shape index (κ2) is 6.07. The molecule has 0 N–H and O–H groups in total. The van der Waals surface area contributed by atoms with E-state index in [-0.39, 0.29) is 12.0 Å². The predicted octanol–water partition coefficient (Wildman–Crippen LogP) is 4.85. The number of nitriles is 1. The Kier molecular flexibility index (Phi) is 4.50. The van der Waals surface area contributed by atoms with Crippen LogP contribution in [0.4, 0.5) is 26.3 Å². The van der Waals surface area contributed by atoms with Gasteiger partial charge in [-0.1, -0.05) is 24.3 Å². The van der Waals surface area contributed by atoms with Crippen LogP contribution < -0.4 is 0 Å². The minimum atomic E-state index is -4.65. The van der Waals surface area contributed by atoms with Gasteiger partial charge < -0.3 is 0 Å². The molecule has 1 aromatic carbocycles. The Hall–Kier alpha value is -2.30. The molecule has 0 spiro atoms. The molecular formula is C15H10F6N2. The topological polar surface area (TPSA) is 36.1 Å². The molecule has 0 bridgehead atoms. The summed E-state index contributed by atoms with van der Waals surface area (Å²) in [6, 6.07) is 5.36. The molecule has 8 heteroatoms. The molecule has 1 aliphatic rings. The Morgan fingerprint density at radius 2 is 1.87 bits per heavy atom. The zero-order chi connectivity index (χ0) is 17.3. The highest BCUT2D eigenvalue weighted by atomic mass is 19.4. The van der Waals surface area contributed by atoms with Gasteiger partial charge in [-0.25, -0.2) is 0 Å². The highest BCUT2D eigenvalue weighted by Gasteiger charge is 2.45. The van der Waals surface area contributed by atoms with Crippen molar-refractivity contribution in [2.24, 2.45) is 10.9 Å². The number of benzene rings is 1. The summed E-state index contributed by atoms with van der Waals surface area (Å²) >= 11 is 0. The molecule has 0 unspecified atom stereocenters. The van der Waals surface area contributed by atoms with Gasteiger partial charge in [-0.2, -0.15) is 31.6 Å². The lowest BCUT2D eigenvalue weighted by atomic mass is 9.84. The molecule has 0 saturated heterocycles. The fourth-order valence-electron chi connectivity index (χ4n) is 2.33. The number of hydrogen-bond acceptors (Lipinski definition) is 2. The van der Waals surface area contributed by atoms with E-state index in [1.165, 1.54) is 12.1 Å². The van der Waals surface area contributed by atoms with Crippen LogP contribution in [0.25, 0.3) is 0 Å². The fourth-order valence-corrected chi connectivity index (χ4v) is 2.33. The Morgan fingerprint density at radius 3 is 2.43 bits per heavy atom. The molecule has 122 valence electrons. The van der Waals surface area contributed by atoms with E-state index in [2.05, 4.69) is 4.99 Å². The number of aliphatic imine (C=N–C) groups is 1. The fraction of sp³-hybridized carbons (Fsp3) is 0.333. The van der Waals surface area contributed by atoms with Crippen LogP contribution in [0.3, 0.4) is 0 Å². The van der Waals surface area contributed by atoms with Gasteiger partial charge in [0.2, 0.25) is 0 Å². The highest BCUT2D eigenvalue weighted by Crippen LogP contribution is 2.38. The first-order valence-corrected chi connectivity index (χ1v) is 6.50. The molecule has 0 saturated carbocycles. The summed E-state index contributed by atoms with van der Waals surface area (Å²) in [6.45, 7) is 0. The van der Waals surface area contributed by atoms with Gasteiger partial charge in [-0.3, -0.25) is 4.99 Å². The minimum Gasteiger partial charge on any atom is -0.264 e. The van der Waals surface area contributed by atoms with Crippen LogP contribution in [-0.2, 0) is 6.18 Å². The molecule has 0 amide bonds. The maximum Gasteiger partial charge on any atom is 0.416 e. The van der Waals surface area contributed by atoms with Gasteiger partial charge in [-0.05, 0) is 18.1 Å². The Morgan fingerprint density at radius 1 is 1.17 bits per heavy atom. The van der Waals surface area contributed by atoms with Crippen molar-refractivity contribution in [3.63, 3.8) is 0 Å². The second-order valence-corrected chi connectivity index (χ2v) is 4.95. The lowest BCUT2D eigenvalue weighted by molar-refractivity contribution is -0.155. The largest absolute Gasteiger partial charge is 0.416 e. The Bertz CT molecular complexity index is 678. The van der Waals surface area contributed by atoms with Gasteiger partial charge in [-0.15, -0.1) is 0 Å². The molecule has 2 nitrogen and oxygen atoms in total. The summed E-state index contributed by atoms with van der Waals surface area (Å²) < 4.78 is 77.4. The molecule has 0 aliphatic carbocycles. The Balaban J connectivity index is 2.46. The van der Waals surface area contributed by atoms with Crippen molar-refractivity contribution in [3.05, 3.63) is 47.7 Å². The molecule has 1 heterocycles. The average molecular weight is 332 g/mol. The summed E-state index contributed by atoms with van der Waals surface area (Å²) in [6.07, 6.45) is -7.31. The van der Waals surface area contributed by atoms with Crippen molar-refractivity contribution >= 4 is 5.71 Å². The summed E-state index contributed by atoms with van der Waals surface area (Å²) in [5.74, 6) is -3.47. The summed E-state index contributed by atoms with van der Waals surface area (Å²) in [5.41, 5.74) is -1.67. The van der Waals surface area contributed by atoms with Crippen LogP contribution in [0.15, 0.2) is 41.5 Å². The molecule has 1 aliphatic heterocycles. The summed E-state index contributed by atoms with van der Waals surface area (Å²) in [7, 11) is 0. The van der Waals surface area contributed by atoms with E-state index in [1.54, 1.807) is 6.07 Å². The maximum atomic E-state index is 13.1. The van der Waals surface area contributed by atoms with Crippen molar-refractivity contribution in [1.29, 1.82) is 5.26 Å². The van der Waals surface area contributed by atoms with E-state index in [1.807, 2.05) is 0 Å². The van der Waals surface area contributed by atoms with Crippen LogP contribution in [0.2, 0.25) is 0 Å². The van der Waals surface area contributed by atoms with Gasteiger partial charge in [0, 0.05) is 6.20 Å². The third kappa shape index (κ3) is 3.73. The van der Waals surface area contributed by atoms with Crippen LogP contribution in [0.1, 0.15) is 23.5 Å². The molecular weight excluding hydrogens is 322 g/mol. The second-order valence-electron chi connectivity index (χ2n) is 4.95. The van der Waals surface area contributed by atoms with Crippen molar-refractivity contribution in [1.82, 2.24) is 0 Å². The van der Waals surface area contributed by atoms with Gasteiger partial charge in [0.1, 0.15) is 5.92 Å². The van der Waals surface area contributed by atoms with E-state index >= 15 is 0 Å². The van der Waals surface area contributed by atoms with E-state index < -0.39 is 35.5 Å². The molecule has 0 fully saturated rings. The standard InChI is InChI=1S/C15H10F6N2/c16-14(17,18)10-4-1-3-9(7-10)11(8-22)13-12(15(19,20)21)5-2-6-23-13/h1-4,6-7,11-12H,5H2/t11-,12-/m1/s1. The normalized spacial score (nSPS) is 19.9. The quantitative estimate of drug-likeness (QED) is 0.713. The van der Waals surface area contributed by atoms with Crippen molar-refractivity contribution < 1.29 is 26.3 Å². The highest BCUT2D eigenvalue weighted by molar-refractivity contribution is 5.96. The minimum absolute atomic E-state index is 0.161. The third-order valence-electron chi connectivity index (χ3n) is 3.43. The number of allylic oxidation sites excluding steroid dienone is 1. The molecule has 23 heavy (non-hydrogen) atoms. The SMILES string of the molecule is N#C[C@@H](C1=NC=CC[C@H]1C(F)(F)F)c1cccc(C(F)(F)F)c1. The predicted molar refractivity (Wildman–Crippen MR) is 70.5 cm³/mol. The number of rotatable bonds is 2. The van der Waals surface area contributed by atoms with E-state index in [9.17, 15) is 31.6 Å². The first-order chi connectivity index (χ1) is 10.6. The van der Waals surface area contributed by atoms with E-state index in [4.69, 9.17) is 0 Å². The Labute approximate surface area is 127 Å². The first kappa shape index (κ1) is 17.1.